The predicted octanol–water partition coefficient (Wildman–Crippen LogP) is 1.78. The summed E-state index contributed by atoms with van der Waals surface area (Å²) in [7, 11) is -1.56. The van der Waals surface area contributed by atoms with E-state index in [1.165, 1.54) is 0 Å². The summed E-state index contributed by atoms with van der Waals surface area (Å²) in [6.07, 6.45) is 1.07. The predicted molar refractivity (Wildman–Crippen MR) is 107 cm³/mol. The third-order valence-corrected chi connectivity index (χ3v) is 4.81. The Kier molecular flexibility index (Phi) is 5.66. The van der Waals surface area contributed by atoms with E-state index in [1.807, 2.05) is 17.0 Å². The summed E-state index contributed by atoms with van der Waals surface area (Å²) >= 11 is 0. The maximum Gasteiger partial charge on any atom is 0.419 e. The smallest absolute Gasteiger partial charge is 0.408 e. The molecule has 1 aromatic heterocycles. The van der Waals surface area contributed by atoms with Crippen molar-refractivity contribution in [3.8, 4) is 0 Å². The van der Waals surface area contributed by atoms with Gasteiger partial charge in [0.2, 0.25) is 10.0 Å². The van der Waals surface area contributed by atoms with Gasteiger partial charge in [0.25, 0.3) is 0 Å². The van der Waals surface area contributed by atoms with Gasteiger partial charge in [-0.1, -0.05) is 12.1 Å². The van der Waals surface area contributed by atoms with Gasteiger partial charge in [0.1, 0.15) is 0 Å². The molecule has 0 saturated heterocycles. The van der Waals surface area contributed by atoms with Crippen LogP contribution in [0.4, 0.5) is 5.69 Å². The van der Waals surface area contributed by atoms with Gasteiger partial charge in [0.15, 0.2) is 11.4 Å². The summed E-state index contributed by atoms with van der Waals surface area (Å²) in [5.41, 5.74) is 2.14. The molecule has 2 aromatic carbocycles. The molecular formula is C19H21N3O5S. The normalized spacial score (nSPS) is 11.8. The first-order valence-electron chi connectivity index (χ1n) is 8.61. The minimum absolute atomic E-state index is 0.0993. The van der Waals surface area contributed by atoms with Crippen LogP contribution >= 0.6 is 0 Å². The molecule has 0 amide bonds. The maximum atomic E-state index is 12.4. The van der Waals surface area contributed by atoms with Crippen LogP contribution in [0.3, 0.4) is 0 Å². The summed E-state index contributed by atoms with van der Waals surface area (Å²) < 4.78 is 31.5. The Hall–Kier alpha value is -2.91. The zero-order valence-corrected chi connectivity index (χ0v) is 16.4. The molecule has 3 aromatic rings. The molecule has 0 unspecified atom stereocenters. The molecule has 0 fully saturated rings. The molecule has 1 N–H and O–H groups in total. The highest BCUT2D eigenvalue weighted by Gasteiger charge is 2.13. The Morgan fingerprint density at radius 3 is 2.50 bits per heavy atom. The van der Waals surface area contributed by atoms with Crippen molar-refractivity contribution in [2.75, 3.05) is 31.1 Å². The number of anilines is 1. The summed E-state index contributed by atoms with van der Waals surface area (Å²) in [5.74, 6) is -0.521. The minimum Gasteiger partial charge on any atom is -0.408 e. The first-order chi connectivity index (χ1) is 13.2. The average molecular weight is 403 g/mol. The fourth-order valence-corrected chi connectivity index (χ4v) is 3.41. The van der Waals surface area contributed by atoms with Crippen molar-refractivity contribution in [2.45, 2.75) is 6.54 Å². The lowest BCUT2D eigenvalue weighted by molar-refractivity contribution is 0.0944. The quantitative estimate of drug-likeness (QED) is 0.575. The van der Waals surface area contributed by atoms with Gasteiger partial charge in [0.05, 0.1) is 18.3 Å². The Balaban J connectivity index is 1.60. The summed E-state index contributed by atoms with van der Waals surface area (Å²) in [4.78, 5) is 26.2. The molecule has 9 heteroatoms. The molecule has 0 atom stereocenters. The number of ketones is 1. The highest BCUT2D eigenvalue weighted by Crippen LogP contribution is 2.13. The molecule has 28 heavy (non-hydrogen) atoms. The number of hydrogen-bond acceptors (Lipinski definition) is 6. The molecule has 0 aliphatic heterocycles. The van der Waals surface area contributed by atoms with Crippen LogP contribution in [0.2, 0.25) is 0 Å². The van der Waals surface area contributed by atoms with Crippen molar-refractivity contribution in [1.82, 2.24) is 9.47 Å². The number of nitrogens with one attached hydrogen (secondary N) is 1. The number of oxazole rings is 1. The fourth-order valence-electron chi connectivity index (χ4n) is 2.85. The lowest BCUT2D eigenvalue weighted by Gasteiger charge is -2.16. The summed E-state index contributed by atoms with van der Waals surface area (Å²) in [6, 6.07) is 13.5. The standard InChI is InChI=1S/C19H21N3O5S/c1-21(11-12-22-16-5-3-4-6-18(16)27-19(22)24)13-17(23)14-7-9-15(10-8-14)20-28(2,25)26/h3-10,20H,11-13H2,1-2H3. The molecule has 0 aliphatic carbocycles. The van der Waals surface area contributed by atoms with Gasteiger partial charge in [-0.25, -0.2) is 13.2 Å². The lowest BCUT2D eigenvalue weighted by atomic mass is 10.1. The topological polar surface area (TPSA) is 102 Å². The van der Waals surface area contributed by atoms with Crippen LogP contribution in [-0.2, 0) is 16.6 Å². The van der Waals surface area contributed by atoms with Gasteiger partial charge in [-0.3, -0.25) is 19.0 Å². The number of carbonyl (C=O) groups excluding carboxylic acids is 1. The minimum atomic E-state index is -3.36. The number of aromatic nitrogens is 1. The van der Waals surface area contributed by atoms with Gasteiger partial charge in [-0.15, -0.1) is 0 Å². The Morgan fingerprint density at radius 1 is 1.14 bits per heavy atom. The Labute approximate surface area is 162 Å². The number of Topliss-reactive ketones (excluding diaryl/α,β-unsaturated/α-hetero) is 1. The van der Waals surface area contributed by atoms with E-state index >= 15 is 0 Å². The number of para-hydroxylation sites is 2. The fraction of sp³-hybridized carbons (Fsp3) is 0.263. The molecule has 3 rings (SSSR count). The Bertz CT molecular complexity index is 1150. The van der Waals surface area contributed by atoms with E-state index in [-0.39, 0.29) is 12.3 Å². The molecule has 0 saturated carbocycles. The molecule has 0 aliphatic rings. The first kappa shape index (κ1) is 19.8. The second-order valence-corrected chi connectivity index (χ2v) is 8.35. The van der Waals surface area contributed by atoms with E-state index in [9.17, 15) is 18.0 Å². The summed E-state index contributed by atoms with van der Waals surface area (Å²) in [5, 5.41) is 0. The van der Waals surface area contributed by atoms with Crippen LogP contribution in [0.5, 0.6) is 0 Å². The number of carbonyl (C=O) groups is 1. The van der Waals surface area contributed by atoms with Crippen molar-refractivity contribution >= 4 is 32.6 Å². The van der Waals surface area contributed by atoms with Crippen LogP contribution in [0.15, 0.2) is 57.7 Å². The average Bonchev–Trinajstić information content (AvgIpc) is 2.94. The van der Waals surface area contributed by atoms with Gasteiger partial charge >= 0.3 is 5.76 Å². The number of nitrogens with zero attached hydrogens (tertiary/aromatic N) is 2. The van der Waals surface area contributed by atoms with Crippen LogP contribution in [0, 0.1) is 0 Å². The third kappa shape index (κ3) is 4.87. The monoisotopic (exact) mass is 403 g/mol. The van der Waals surface area contributed by atoms with Crippen molar-refractivity contribution in [3.05, 3.63) is 64.6 Å². The van der Waals surface area contributed by atoms with E-state index in [0.29, 0.717) is 29.9 Å². The molecule has 0 spiro atoms. The van der Waals surface area contributed by atoms with E-state index in [1.54, 1.807) is 48.0 Å². The van der Waals surface area contributed by atoms with Crippen molar-refractivity contribution in [2.24, 2.45) is 0 Å². The van der Waals surface area contributed by atoms with Crippen molar-refractivity contribution in [3.63, 3.8) is 0 Å². The maximum absolute atomic E-state index is 12.4. The van der Waals surface area contributed by atoms with Crippen molar-refractivity contribution < 1.29 is 17.6 Å². The van der Waals surface area contributed by atoms with Crippen LogP contribution in [-0.4, -0.2) is 50.1 Å². The first-order valence-corrected chi connectivity index (χ1v) is 10.5. The number of likely N-dealkylation sites (N-methyl/N-ethyl adjacent to an activating group) is 1. The van der Waals surface area contributed by atoms with Gasteiger partial charge in [-0.05, 0) is 43.4 Å². The molecule has 1 heterocycles. The van der Waals surface area contributed by atoms with Gasteiger partial charge in [-0.2, -0.15) is 0 Å². The highest BCUT2D eigenvalue weighted by molar-refractivity contribution is 7.92. The number of rotatable bonds is 8. The van der Waals surface area contributed by atoms with Crippen molar-refractivity contribution in [1.29, 1.82) is 0 Å². The second kappa shape index (κ2) is 7.99. The summed E-state index contributed by atoms with van der Waals surface area (Å²) in [6.45, 7) is 1.06. The van der Waals surface area contributed by atoms with Crippen LogP contribution in [0.1, 0.15) is 10.4 Å². The molecule has 0 radical (unpaired) electrons. The van der Waals surface area contributed by atoms with Crippen LogP contribution in [0.25, 0.3) is 11.1 Å². The van der Waals surface area contributed by atoms with E-state index in [2.05, 4.69) is 4.72 Å². The molecule has 0 bridgehead atoms. The number of benzene rings is 2. The Morgan fingerprint density at radius 2 is 1.82 bits per heavy atom. The number of sulfonamides is 1. The van der Waals surface area contributed by atoms with Gasteiger partial charge < -0.3 is 4.42 Å². The van der Waals surface area contributed by atoms with E-state index in [0.717, 1.165) is 11.8 Å². The number of hydrogen-bond donors (Lipinski definition) is 1. The van der Waals surface area contributed by atoms with E-state index < -0.39 is 15.8 Å². The number of fused-ring (bicyclic) bond motifs is 1. The second-order valence-electron chi connectivity index (χ2n) is 6.60. The largest absolute Gasteiger partial charge is 0.419 e. The molecule has 148 valence electrons. The zero-order chi connectivity index (χ0) is 20.3. The van der Waals surface area contributed by atoms with Crippen LogP contribution < -0.4 is 10.5 Å². The SMILES string of the molecule is CN(CCn1c(=O)oc2ccccc21)CC(=O)c1ccc(NS(C)(=O)=O)cc1. The zero-order valence-electron chi connectivity index (χ0n) is 15.6. The van der Waals surface area contributed by atoms with E-state index in [4.69, 9.17) is 4.42 Å². The molecule has 8 nitrogen and oxygen atoms in total. The highest BCUT2D eigenvalue weighted by atomic mass is 32.2. The molecular weight excluding hydrogens is 382 g/mol. The lowest BCUT2D eigenvalue weighted by Crippen LogP contribution is -2.31. The third-order valence-electron chi connectivity index (χ3n) is 4.20. The van der Waals surface area contributed by atoms with Gasteiger partial charge in [0, 0.05) is 24.3 Å².